The lowest BCUT2D eigenvalue weighted by molar-refractivity contribution is -0.112. The van der Waals surface area contributed by atoms with E-state index in [0.29, 0.717) is 5.92 Å². The van der Waals surface area contributed by atoms with E-state index in [0.717, 1.165) is 32.2 Å². The zero-order chi connectivity index (χ0) is 8.69. The van der Waals surface area contributed by atoms with Crippen molar-refractivity contribution in [1.29, 1.82) is 0 Å². The minimum Gasteiger partial charge on any atom is -0.306 e. The molecule has 0 atom stereocenters. The van der Waals surface area contributed by atoms with E-state index in [1.54, 1.807) is 0 Å². The quantitative estimate of drug-likeness (QED) is 0.538. The fourth-order valence-corrected chi connectivity index (χ4v) is 1.16. The molecule has 0 amide bonds. The molecule has 0 aromatic rings. The predicted octanol–water partition coefficient (Wildman–Crippen LogP) is 1.55. The van der Waals surface area contributed by atoms with Crippen molar-refractivity contribution in [2.45, 2.75) is 26.7 Å². The summed E-state index contributed by atoms with van der Waals surface area (Å²) >= 11 is 0. The summed E-state index contributed by atoms with van der Waals surface area (Å²) in [6.45, 7) is 6.17. The van der Waals surface area contributed by atoms with Crippen LogP contribution in [0.15, 0.2) is 0 Å². The third-order valence-electron chi connectivity index (χ3n) is 1.96. The average Bonchev–Trinajstić information content (AvgIpc) is 2.10. The van der Waals surface area contributed by atoms with Crippen LogP contribution in [0.25, 0.3) is 0 Å². The third-order valence-corrected chi connectivity index (χ3v) is 1.96. The first-order chi connectivity index (χ1) is 5.33. The first-order valence-electron chi connectivity index (χ1n) is 4.47. The van der Waals surface area contributed by atoms with Crippen LogP contribution in [0.2, 0.25) is 0 Å². The normalized spacial score (nSPS) is 20.3. The summed E-state index contributed by atoms with van der Waals surface area (Å²) in [5.74, 6) is 0.348. The van der Waals surface area contributed by atoms with Gasteiger partial charge in [0, 0.05) is 5.92 Å². The molecule has 66 valence electrons. The maximum atomic E-state index is 10.2. The zero-order valence-electron chi connectivity index (χ0n) is 7.84. The Labute approximate surface area is 69.6 Å². The van der Waals surface area contributed by atoms with Gasteiger partial charge in [-0.1, -0.05) is 13.8 Å². The summed E-state index contributed by atoms with van der Waals surface area (Å²) in [4.78, 5) is 12.5. The molecule has 0 aromatic heterocycles. The Morgan fingerprint density at radius 3 is 2.09 bits per heavy atom. The summed E-state index contributed by atoms with van der Waals surface area (Å²) in [5.41, 5.74) is 0. The van der Waals surface area contributed by atoms with Gasteiger partial charge in [-0.25, -0.2) is 0 Å². The number of hydrogen-bond donors (Lipinski definition) is 0. The number of likely N-dealkylation sites (tertiary alicyclic amines) is 1. The Morgan fingerprint density at radius 2 is 1.73 bits per heavy atom. The van der Waals surface area contributed by atoms with Gasteiger partial charge in [-0.05, 0) is 33.0 Å². The number of nitrogens with zero attached hydrogens (tertiary/aromatic N) is 1. The molecule has 1 fully saturated rings. The number of hydrogen-bond acceptors (Lipinski definition) is 2. The molecule has 0 aromatic carbocycles. The predicted molar refractivity (Wildman–Crippen MR) is 47.6 cm³/mol. The maximum Gasteiger partial charge on any atom is 0.123 e. The molecule has 11 heavy (non-hydrogen) atoms. The summed E-state index contributed by atoms with van der Waals surface area (Å²) < 4.78 is 0. The topological polar surface area (TPSA) is 20.3 Å². The molecule has 1 saturated heterocycles. The lowest BCUT2D eigenvalue weighted by atomic mass is 9.99. The van der Waals surface area contributed by atoms with Crippen molar-refractivity contribution < 1.29 is 4.79 Å². The molecule has 0 spiro atoms. The van der Waals surface area contributed by atoms with Gasteiger partial charge < -0.3 is 9.69 Å². The second-order valence-corrected chi connectivity index (χ2v) is 2.78. The van der Waals surface area contributed by atoms with Crippen LogP contribution in [0.5, 0.6) is 0 Å². The van der Waals surface area contributed by atoms with Crippen molar-refractivity contribution in [2.24, 2.45) is 5.92 Å². The van der Waals surface area contributed by atoms with Crippen molar-refractivity contribution in [3.05, 3.63) is 0 Å². The van der Waals surface area contributed by atoms with E-state index in [1.165, 1.54) is 0 Å². The minimum atomic E-state index is 0.348. The van der Waals surface area contributed by atoms with Gasteiger partial charge in [0.05, 0.1) is 0 Å². The van der Waals surface area contributed by atoms with Crippen LogP contribution >= 0.6 is 0 Å². The van der Waals surface area contributed by atoms with Crippen LogP contribution in [-0.2, 0) is 4.79 Å². The van der Waals surface area contributed by atoms with Crippen LogP contribution in [-0.4, -0.2) is 31.3 Å². The van der Waals surface area contributed by atoms with E-state index in [4.69, 9.17) is 0 Å². The van der Waals surface area contributed by atoms with Gasteiger partial charge in [0.25, 0.3) is 0 Å². The van der Waals surface area contributed by atoms with Gasteiger partial charge in [-0.15, -0.1) is 0 Å². The lowest BCUT2D eigenvalue weighted by Gasteiger charge is -2.25. The number of carbonyl (C=O) groups excluding carboxylic acids is 1. The van der Waals surface area contributed by atoms with Crippen molar-refractivity contribution in [3.63, 3.8) is 0 Å². The molecule has 0 bridgehead atoms. The highest BCUT2D eigenvalue weighted by Gasteiger charge is 2.14. The van der Waals surface area contributed by atoms with Crippen LogP contribution < -0.4 is 0 Å². The van der Waals surface area contributed by atoms with Crippen LogP contribution in [0.1, 0.15) is 26.7 Å². The Morgan fingerprint density at radius 1 is 1.27 bits per heavy atom. The molecule has 2 heteroatoms. The highest BCUT2D eigenvalue weighted by Crippen LogP contribution is 2.12. The Balaban J connectivity index is 0.000000461. The lowest BCUT2D eigenvalue weighted by Crippen LogP contribution is -2.30. The van der Waals surface area contributed by atoms with Gasteiger partial charge in [0.15, 0.2) is 0 Å². The molecule has 0 saturated carbocycles. The SMILES string of the molecule is CC.CN1CCC(C=O)CC1. The molecule has 0 aliphatic carbocycles. The second kappa shape index (κ2) is 6.35. The fourth-order valence-electron chi connectivity index (χ4n) is 1.16. The average molecular weight is 157 g/mol. The zero-order valence-corrected chi connectivity index (χ0v) is 7.84. The molecular formula is C9H19NO. The van der Waals surface area contributed by atoms with E-state index in [1.807, 2.05) is 13.8 Å². The monoisotopic (exact) mass is 157 g/mol. The maximum absolute atomic E-state index is 10.2. The van der Waals surface area contributed by atoms with E-state index in [2.05, 4.69) is 11.9 Å². The molecule has 1 rings (SSSR count). The molecular weight excluding hydrogens is 138 g/mol. The van der Waals surface area contributed by atoms with Crippen LogP contribution in [0.4, 0.5) is 0 Å². The standard InChI is InChI=1S/C7H13NO.C2H6/c1-8-4-2-7(6-9)3-5-8;1-2/h6-7H,2-5H2,1H3;1-2H3. The molecule has 1 heterocycles. The van der Waals surface area contributed by atoms with E-state index >= 15 is 0 Å². The Hall–Kier alpha value is -0.370. The van der Waals surface area contributed by atoms with E-state index in [9.17, 15) is 4.79 Å². The van der Waals surface area contributed by atoms with E-state index < -0.39 is 0 Å². The molecule has 0 unspecified atom stereocenters. The number of aldehydes is 1. The molecule has 2 nitrogen and oxygen atoms in total. The number of rotatable bonds is 1. The summed E-state index contributed by atoms with van der Waals surface area (Å²) in [6.07, 6.45) is 3.20. The first kappa shape index (κ1) is 10.6. The Bertz CT molecular complexity index is 95.7. The molecule has 1 aliphatic heterocycles. The molecule has 0 N–H and O–H groups in total. The van der Waals surface area contributed by atoms with Crippen LogP contribution in [0, 0.1) is 5.92 Å². The van der Waals surface area contributed by atoms with Crippen molar-refractivity contribution in [1.82, 2.24) is 4.90 Å². The first-order valence-corrected chi connectivity index (χ1v) is 4.47. The molecule has 1 aliphatic rings. The number of piperidine rings is 1. The highest BCUT2D eigenvalue weighted by molar-refractivity contribution is 5.53. The molecule has 0 radical (unpaired) electrons. The van der Waals surface area contributed by atoms with Crippen LogP contribution in [0.3, 0.4) is 0 Å². The van der Waals surface area contributed by atoms with Gasteiger partial charge in [-0.3, -0.25) is 0 Å². The van der Waals surface area contributed by atoms with Crippen molar-refractivity contribution in [2.75, 3.05) is 20.1 Å². The summed E-state index contributed by atoms with van der Waals surface area (Å²) in [7, 11) is 2.10. The van der Waals surface area contributed by atoms with Gasteiger partial charge >= 0.3 is 0 Å². The second-order valence-electron chi connectivity index (χ2n) is 2.78. The fraction of sp³-hybridized carbons (Fsp3) is 0.889. The van der Waals surface area contributed by atoms with Gasteiger partial charge in [-0.2, -0.15) is 0 Å². The third kappa shape index (κ3) is 4.14. The number of carbonyl (C=O) groups is 1. The minimum absolute atomic E-state index is 0.348. The van der Waals surface area contributed by atoms with Crippen molar-refractivity contribution >= 4 is 6.29 Å². The van der Waals surface area contributed by atoms with Gasteiger partial charge in [0.1, 0.15) is 6.29 Å². The summed E-state index contributed by atoms with van der Waals surface area (Å²) in [5, 5.41) is 0. The largest absolute Gasteiger partial charge is 0.306 e. The Kier molecular flexibility index (Phi) is 6.13. The van der Waals surface area contributed by atoms with Crippen molar-refractivity contribution in [3.8, 4) is 0 Å². The van der Waals surface area contributed by atoms with Gasteiger partial charge in [0.2, 0.25) is 0 Å². The summed E-state index contributed by atoms with van der Waals surface area (Å²) in [6, 6.07) is 0. The highest BCUT2D eigenvalue weighted by atomic mass is 16.1. The van der Waals surface area contributed by atoms with E-state index in [-0.39, 0.29) is 0 Å². The smallest absolute Gasteiger partial charge is 0.123 e.